The van der Waals surface area contributed by atoms with Crippen molar-refractivity contribution in [3.05, 3.63) is 62.6 Å². The molecule has 0 aliphatic rings. The molecule has 0 bridgehead atoms. The summed E-state index contributed by atoms with van der Waals surface area (Å²) in [6, 6.07) is 10.7. The zero-order chi connectivity index (χ0) is 23.0. The Morgan fingerprint density at radius 3 is 2.48 bits per heavy atom. The van der Waals surface area contributed by atoms with Gasteiger partial charge in [-0.05, 0) is 68.1 Å². The minimum atomic E-state index is -0.624. The van der Waals surface area contributed by atoms with Crippen molar-refractivity contribution in [2.75, 3.05) is 13.2 Å². The fraction of sp³-hybridized carbons (Fsp3) is 0.417. The molecule has 7 heteroatoms. The third kappa shape index (κ3) is 7.54. The molecule has 0 heterocycles. The molecule has 2 aromatic carbocycles. The maximum absolute atomic E-state index is 13.1. The van der Waals surface area contributed by atoms with Gasteiger partial charge in [0.2, 0.25) is 5.91 Å². The van der Waals surface area contributed by atoms with Crippen LogP contribution in [0.25, 0.3) is 0 Å². The molecule has 0 fully saturated rings. The summed E-state index contributed by atoms with van der Waals surface area (Å²) in [5.41, 5.74) is 2.70. The lowest BCUT2D eigenvalue weighted by molar-refractivity contribution is -0.142. The van der Waals surface area contributed by atoms with Crippen LogP contribution in [0.4, 0.5) is 0 Å². The molecule has 0 aliphatic heterocycles. The number of aryl methyl sites for hydroxylation is 2. The van der Waals surface area contributed by atoms with Crippen molar-refractivity contribution in [1.29, 1.82) is 0 Å². The van der Waals surface area contributed by atoms with Crippen molar-refractivity contribution in [3.8, 4) is 5.75 Å². The quantitative estimate of drug-likeness (QED) is 0.434. The summed E-state index contributed by atoms with van der Waals surface area (Å²) in [6.45, 7) is 8.34. The van der Waals surface area contributed by atoms with E-state index in [9.17, 15) is 9.59 Å². The molecule has 0 unspecified atom stereocenters. The smallest absolute Gasteiger partial charge is 0.261 e. The molecule has 0 radical (unpaired) electrons. The summed E-state index contributed by atoms with van der Waals surface area (Å²) >= 11 is 9.67. The first kappa shape index (κ1) is 25.2. The molecule has 1 atom stereocenters. The Hall–Kier alpha value is -2.05. The van der Waals surface area contributed by atoms with Gasteiger partial charge in [0.1, 0.15) is 11.8 Å². The van der Waals surface area contributed by atoms with E-state index in [4.69, 9.17) is 16.3 Å². The van der Waals surface area contributed by atoms with Gasteiger partial charge in [0, 0.05) is 22.6 Å². The van der Waals surface area contributed by atoms with Crippen molar-refractivity contribution in [3.63, 3.8) is 0 Å². The topological polar surface area (TPSA) is 58.6 Å². The number of nitrogens with zero attached hydrogens (tertiary/aromatic N) is 1. The highest BCUT2D eigenvalue weighted by atomic mass is 79.9. The van der Waals surface area contributed by atoms with Gasteiger partial charge in [-0.3, -0.25) is 9.59 Å². The number of carbonyl (C=O) groups is 2. The third-order valence-electron chi connectivity index (χ3n) is 5.01. The molecular formula is C24H30BrClN2O3. The van der Waals surface area contributed by atoms with Crippen LogP contribution in [-0.2, 0) is 16.1 Å². The van der Waals surface area contributed by atoms with E-state index in [1.807, 2.05) is 50.2 Å². The van der Waals surface area contributed by atoms with Crippen LogP contribution in [0, 0.1) is 13.8 Å². The standard InChI is InChI=1S/C24H30BrClN2O3/c1-5-6-10-27-24(30)18(4)28(14-19-8-7-9-20(25)13-19)22(29)15-31-21-11-16(2)23(26)17(3)12-21/h7-9,11-13,18H,5-6,10,14-15H2,1-4H3,(H,27,30)/t18-/m1/s1. The Bertz CT molecular complexity index is 896. The fourth-order valence-corrected chi connectivity index (χ4v) is 3.72. The molecule has 2 amide bonds. The van der Waals surface area contributed by atoms with Crippen molar-refractivity contribution < 1.29 is 14.3 Å². The Morgan fingerprint density at radius 1 is 1.19 bits per heavy atom. The van der Waals surface area contributed by atoms with Gasteiger partial charge in [-0.1, -0.05) is 53.0 Å². The van der Waals surface area contributed by atoms with E-state index >= 15 is 0 Å². The fourth-order valence-electron chi connectivity index (χ4n) is 3.17. The minimum absolute atomic E-state index is 0.166. The van der Waals surface area contributed by atoms with Crippen LogP contribution in [0.5, 0.6) is 5.75 Å². The van der Waals surface area contributed by atoms with Gasteiger partial charge in [-0.25, -0.2) is 0 Å². The number of benzene rings is 2. The highest BCUT2D eigenvalue weighted by molar-refractivity contribution is 9.10. The zero-order valence-corrected chi connectivity index (χ0v) is 20.8. The van der Waals surface area contributed by atoms with Gasteiger partial charge in [0.15, 0.2) is 6.61 Å². The monoisotopic (exact) mass is 508 g/mol. The number of amides is 2. The van der Waals surface area contributed by atoms with E-state index in [0.29, 0.717) is 23.9 Å². The van der Waals surface area contributed by atoms with E-state index in [1.54, 1.807) is 11.8 Å². The number of ether oxygens (including phenoxy) is 1. The van der Waals surface area contributed by atoms with E-state index in [1.165, 1.54) is 0 Å². The lowest BCUT2D eigenvalue weighted by Crippen LogP contribution is -2.49. The van der Waals surface area contributed by atoms with Crippen LogP contribution in [0.3, 0.4) is 0 Å². The van der Waals surface area contributed by atoms with Crippen molar-refractivity contribution in [2.24, 2.45) is 0 Å². The van der Waals surface area contributed by atoms with Gasteiger partial charge in [0.05, 0.1) is 0 Å². The number of carbonyl (C=O) groups excluding carboxylic acids is 2. The van der Waals surface area contributed by atoms with Gasteiger partial charge in [-0.15, -0.1) is 0 Å². The lowest BCUT2D eigenvalue weighted by atomic mass is 10.1. The molecule has 0 spiro atoms. The molecule has 0 saturated carbocycles. The molecule has 2 aromatic rings. The molecule has 31 heavy (non-hydrogen) atoms. The van der Waals surface area contributed by atoms with Gasteiger partial charge >= 0.3 is 0 Å². The number of rotatable bonds is 10. The molecular weight excluding hydrogens is 480 g/mol. The van der Waals surface area contributed by atoms with Gasteiger partial charge < -0.3 is 15.0 Å². The highest BCUT2D eigenvalue weighted by Crippen LogP contribution is 2.26. The summed E-state index contributed by atoms with van der Waals surface area (Å²) in [7, 11) is 0. The summed E-state index contributed by atoms with van der Waals surface area (Å²) in [6.07, 6.45) is 1.89. The Morgan fingerprint density at radius 2 is 1.87 bits per heavy atom. The van der Waals surface area contributed by atoms with Crippen molar-refractivity contribution >= 4 is 39.3 Å². The predicted molar refractivity (Wildman–Crippen MR) is 128 cm³/mol. The molecule has 1 N–H and O–H groups in total. The van der Waals surface area contributed by atoms with E-state index in [-0.39, 0.29) is 18.4 Å². The molecule has 0 saturated heterocycles. The van der Waals surface area contributed by atoms with Crippen LogP contribution >= 0.6 is 27.5 Å². The van der Waals surface area contributed by atoms with Crippen LogP contribution in [0.15, 0.2) is 40.9 Å². The van der Waals surface area contributed by atoms with E-state index in [2.05, 4.69) is 28.2 Å². The average molecular weight is 510 g/mol. The second-order valence-corrected chi connectivity index (χ2v) is 8.93. The Balaban J connectivity index is 2.15. The number of nitrogens with one attached hydrogen (secondary N) is 1. The summed E-state index contributed by atoms with van der Waals surface area (Å²) in [5.74, 6) is 0.147. The summed E-state index contributed by atoms with van der Waals surface area (Å²) in [5, 5.41) is 3.60. The summed E-state index contributed by atoms with van der Waals surface area (Å²) < 4.78 is 6.68. The Kier molecular flexibility index (Phi) is 9.85. The Labute approximate surface area is 198 Å². The molecule has 168 valence electrons. The SMILES string of the molecule is CCCCNC(=O)[C@@H](C)N(Cc1cccc(Br)c1)C(=O)COc1cc(C)c(Cl)c(C)c1. The maximum atomic E-state index is 13.1. The molecule has 0 aromatic heterocycles. The van der Waals surface area contributed by atoms with Gasteiger partial charge in [0.25, 0.3) is 5.91 Å². The van der Waals surface area contributed by atoms with Crippen LogP contribution < -0.4 is 10.1 Å². The first-order chi connectivity index (χ1) is 14.7. The van der Waals surface area contributed by atoms with Crippen LogP contribution in [0.1, 0.15) is 43.4 Å². The average Bonchev–Trinajstić information content (AvgIpc) is 2.73. The lowest BCUT2D eigenvalue weighted by Gasteiger charge is -2.29. The van der Waals surface area contributed by atoms with Crippen LogP contribution in [-0.4, -0.2) is 35.9 Å². The van der Waals surface area contributed by atoms with Gasteiger partial charge in [-0.2, -0.15) is 0 Å². The van der Waals surface area contributed by atoms with Crippen LogP contribution in [0.2, 0.25) is 5.02 Å². The third-order valence-corrected chi connectivity index (χ3v) is 6.10. The van der Waals surface area contributed by atoms with E-state index < -0.39 is 6.04 Å². The molecule has 5 nitrogen and oxygen atoms in total. The summed E-state index contributed by atoms with van der Waals surface area (Å²) in [4.78, 5) is 27.3. The number of hydrogen-bond acceptors (Lipinski definition) is 3. The number of hydrogen-bond donors (Lipinski definition) is 1. The highest BCUT2D eigenvalue weighted by Gasteiger charge is 2.26. The first-order valence-electron chi connectivity index (χ1n) is 10.4. The molecule has 2 rings (SSSR count). The van der Waals surface area contributed by atoms with Crippen molar-refractivity contribution in [1.82, 2.24) is 10.2 Å². The first-order valence-corrected chi connectivity index (χ1v) is 11.6. The number of unbranched alkanes of at least 4 members (excludes halogenated alkanes) is 1. The maximum Gasteiger partial charge on any atom is 0.261 e. The minimum Gasteiger partial charge on any atom is -0.484 e. The van der Waals surface area contributed by atoms with Crippen molar-refractivity contribution in [2.45, 2.75) is 53.1 Å². The second-order valence-electron chi connectivity index (χ2n) is 7.63. The zero-order valence-electron chi connectivity index (χ0n) is 18.5. The predicted octanol–water partition coefficient (Wildman–Crippen LogP) is 5.43. The molecule has 0 aliphatic carbocycles. The number of halogens is 2. The largest absolute Gasteiger partial charge is 0.484 e. The second kappa shape index (κ2) is 12.1. The van der Waals surface area contributed by atoms with E-state index in [0.717, 1.165) is 34.0 Å². The normalized spacial score (nSPS) is 11.7.